The average molecular weight is 329 g/mol. The second-order valence-electron chi connectivity index (χ2n) is 4.52. The second-order valence-corrected chi connectivity index (χ2v) is 4.52. The third-order valence-corrected chi connectivity index (χ3v) is 2.52. The molecule has 0 spiro atoms. The summed E-state index contributed by atoms with van der Waals surface area (Å²) < 4.78 is 14.3. The predicted molar refractivity (Wildman–Crippen MR) is 80.2 cm³/mol. The van der Waals surface area contributed by atoms with Crippen LogP contribution in [-0.4, -0.2) is 61.6 Å². The SMILES string of the molecule is C=C(C)C(=O)OCCN(CC(=O)OCC)C(=O)CC(=O)OCC. The van der Waals surface area contributed by atoms with Crippen LogP contribution >= 0.6 is 0 Å². The van der Waals surface area contributed by atoms with Crippen LogP contribution in [0.15, 0.2) is 12.2 Å². The third kappa shape index (κ3) is 9.28. The Morgan fingerprint density at radius 1 is 0.957 bits per heavy atom. The normalized spacial score (nSPS) is 9.70. The van der Waals surface area contributed by atoms with E-state index in [0.29, 0.717) is 0 Å². The van der Waals surface area contributed by atoms with Crippen molar-refractivity contribution in [2.75, 3.05) is 32.9 Å². The summed E-state index contributed by atoms with van der Waals surface area (Å²) in [5.41, 5.74) is 0.222. The fourth-order valence-corrected chi connectivity index (χ4v) is 1.47. The number of nitrogens with zero attached hydrogens (tertiary/aromatic N) is 1. The average Bonchev–Trinajstić information content (AvgIpc) is 2.46. The van der Waals surface area contributed by atoms with Gasteiger partial charge in [-0.2, -0.15) is 0 Å². The Hall–Kier alpha value is -2.38. The van der Waals surface area contributed by atoms with Crippen molar-refractivity contribution in [3.05, 3.63) is 12.2 Å². The number of rotatable bonds is 10. The zero-order valence-corrected chi connectivity index (χ0v) is 13.8. The van der Waals surface area contributed by atoms with Gasteiger partial charge in [0.25, 0.3) is 0 Å². The van der Waals surface area contributed by atoms with Gasteiger partial charge in [-0.3, -0.25) is 14.4 Å². The molecule has 23 heavy (non-hydrogen) atoms. The van der Waals surface area contributed by atoms with Gasteiger partial charge in [-0.05, 0) is 20.8 Å². The molecular formula is C15H23NO7. The summed E-state index contributed by atoms with van der Waals surface area (Å²) in [4.78, 5) is 47.3. The van der Waals surface area contributed by atoms with Gasteiger partial charge >= 0.3 is 17.9 Å². The summed E-state index contributed by atoms with van der Waals surface area (Å²) in [6, 6.07) is 0. The first-order valence-electron chi connectivity index (χ1n) is 7.23. The molecule has 8 nitrogen and oxygen atoms in total. The van der Waals surface area contributed by atoms with E-state index >= 15 is 0 Å². The van der Waals surface area contributed by atoms with Gasteiger partial charge in [0.15, 0.2) is 0 Å². The highest BCUT2D eigenvalue weighted by Crippen LogP contribution is 2.00. The van der Waals surface area contributed by atoms with Crippen LogP contribution in [0.5, 0.6) is 0 Å². The van der Waals surface area contributed by atoms with E-state index in [1.54, 1.807) is 13.8 Å². The van der Waals surface area contributed by atoms with Crippen molar-refractivity contribution in [2.45, 2.75) is 27.2 Å². The highest BCUT2D eigenvalue weighted by atomic mass is 16.5. The zero-order valence-electron chi connectivity index (χ0n) is 13.8. The number of esters is 3. The molecule has 0 heterocycles. The number of hydrogen-bond acceptors (Lipinski definition) is 7. The van der Waals surface area contributed by atoms with E-state index in [9.17, 15) is 19.2 Å². The molecule has 0 N–H and O–H groups in total. The van der Waals surface area contributed by atoms with Crippen molar-refractivity contribution in [3.63, 3.8) is 0 Å². The van der Waals surface area contributed by atoms with E-state index in [-0.39, 0.29) is 38.5 Å². The predicted octanol–water partition coefficient (Wildman–Crippen LogP) is 0.451. The van der Waals surface area contributed by atoms with Crippen LogP contribution in [-0.2, 0) is 33.4 Å². The molecule has 0 bridgehead atoms. The van der Waals surface area contributed by atoms with Crippen LogP contribution in [0.2, 0.25) is 0 Å². The fraction of sp³-hybridized carbons (Fsp3) is 0.600. The highest BCUT2D eigenvalue weighted by molar-refractivity contribution is 5.95. The molecule has 0 aromatic heterocycles. The Morgan fingerprint density at radius 3 is 2.04 bits per heavy atom. The number of amides is 1. The largest absolute Gasteiger partial charge is 0.466 e. The molecule has 0 rings (SSSR count). The molecule has 0 aliphatic rings. The molecule has 0 aromatic rings. The van der Waals surface area contributed by atoms with Gasteiger partial charge in [0, 0.05) is 5.57 Å². The number of carbonyl (C=O) groups is 4. The van der Waals surface area contributed by atoms with E-state index in [1.807, 2.05) is 0 Å². The Balaban J connectivity index is 4.63. The summed E-state index contributed by atoms with van der Waals surface area (Å²) in [6.45, 7) is 7.99. The standard InChI is InChI=1S/C15H23NO7/c1-5-21-13(18)9-12(17)16(10-14(19)22-6-2)7-8-23-15(20)11(3)4/h3,5-10H2,1-2,4H3. The van der Waals surface area contributed by atoms with Crippen molar-refractivity contribution in [3.8, 4) is 0 Å². The lowest BCUT2D eigenvalue weighted by Crippen LogP contribution is -2.40. The van der Waals surface area contributed by atoms with Crippen LogP contribution in [0.4, 0.5) is 0 Å². The topological polar surface area (TPSA) is 99.2 Å². The van der Waals surface area contributed by atoms with Crippen molar-refractivity contribution in [1.29, 1.82) is 0 Å². The van der Waals surface area contributed by atoms with Crippen molar-refractivity contribution >= 4 is 23.8 Å². The van der Waals surface area contributed by atoms with Crippen LogP contribution in [0, 0.1) is 0 Å². The molecule has 0 radical (unpaired) electrons. The first kappa shape index (κ1) is 20.6. The minimum absolute atomic E-state index is 0.0456. The van der Waals surface area contributed by atoms with Crippen LogP contribution in [0.25, 0.3) is 0 Å². The molecule has 0 aliphatic carbocycles. The molecule has 0 saturated carbocycles. The zero-order chi connectivity index (χ0) is 17.8. The Kier molecular flexibility index (Phi) is 10.1. The second kappa shape index (κ2) is 11.2. The summed E-state index contributed by atoms with van der Waals surface area (Å²) >= 11 is 0. The Bertz CT molecular complexity index is 459. The smallest absolute Gasteiger partial charge is 0.333 e. The van der Waals surface area contributed by atoms with Gasteiger partial charge in [0.05, 0.1) is 19.8 Å². The van der Waals surface area contributed by atoms with E-state index in [0.717, 1.165) is 4.90 Å². The maximum atomic E-state index is 12.0. The summed E-state index contributed by atoms with van der Waals surface area (Å²) in [6.07, 6.45) is -0.498. The fourth-order valence-electron chi connectivity index (χ4n) is 1.47. The van der Waals surface area contributed by atoms with Gasteiger partial charge in [-0.15, -0.1) is 0 Å². The summed E-state index contributed by atoms with van der Waals surface area (Å²) in [7, 11) is 0. The number of ether oxygens (including phenoxy) is 3. The lowest BCUT2D eigenvalue weighted by Gasteiger charge is -2.21. The molecule has 0 fully saturated rings. The minimum Gasteiger partial charge on any atom is -0.466 e. The van der Waals surface area contributed by atoms with E-state index in [4.69, 9.17) is 9.47 Å². The van der Waals surface area contributed by atoms with Gasteiger partial charge in [-0.25, -0.2) is 4.79 Å². The first-order chi connectivity index (χ1) is 10.8. The summed E-state index contributed by atoms with van der Waals surface area (Å²) in [5.74, 6) is -2.51. The molecular weight excluding hydrogens is 306 g/mol. The van der Waals surface area contributed by atoms with Crippen molar-refractivity contribution < 1.29 is 33.4 Å². The molecule has 0 saturated heterocycles. The molecule has 0 aromatic carbocycles. The quantitative estimate of drug-likeness (QED) is 0.248. The molecule has 0 aliphatic heterocycles. The Labute approximate surface area is 135 Å². The van der Waals surface area contributed by atoms with Gasteiger partial charge in [0.1, 0.15) is 19.6 Å². The van der Waals surface area contributed by atoms with Gasteiger partial charge < -0.3 is 19.1 Å². The maximum absolute atomic E-state index is 12.0. The van der Waals surface area contributed by atoms with Crippen LogP contribution in [0.1, 0.15) is 27.2 Å². The van der Waals surface area contributed by atoms with Crippen LogP contribution < -0.4 is 0 Å². The molecule has 1 amide bonds. The Morgan fingerprint density at radius 2 is 1.52 bits per heavy atom. The molecule has 8 heteroatoms. The summed E-state index contributed by atoms with van der Waals surface area (Å²) in [5, 5.41) is 0. The third-order valence-electron chi connectivity index (χ3n) is 2.52. The monoisotopic (exact) mass is 329 g/mol. The highest BCUT2D eigenvalue weighted by Gasteiger charge is 2.21. The molecule has 0 unspecified atom stereocenters. The lowest BCUT2D eigenvalue weighted by molar-refractivity contribution is -0.154. The van der Waals surface area contributed by atoms with E-state index < -0.39 is 30.2 Å². The minimum atomic E-state index is -0.690. The molecule has 130 valence electrons. The van der Waals surface area contributed by atoms with Crippen LogP contribution in [0.3, 0.4) is 0 Å². The van der Waals surface area contributed by atoms with Crippen molar-refractivity contribution in [2.24, 2.45) is 0 Å². The van der Waals surface area contributed by atoms with Gasteiger partial charge in [-0.1, -0.05) is 6.58 Å². The number of carbonyl (C=O) groups excluding carboxylic acids is 4. The molecule has 0 atom stereocenters. The maximum Gasteiger partial charge on any atom is 0.333 e. The van der Waals surface area contributed by atoms with E-state index in [2.05, 4.69) is 11.3 Å². The lowest BCUT2D eigenvalue weighted by atomic mass is 10.3. The first-order valence-corrected chi connectivity index (χ1v) is 7.23. The number of hydrogen-bond donors (Lipinski definition) is 0. The van der Waals surface area contributed by atoms with Crippen molar-refractivity contribution in [1.82, 2.24) is 4.90 Å². The van der Waals surface area contributed by atoms with Gasteiger partial charge in [0.2, 0.25) is 5.91 Å². The van der Waals surface area contributed by atoms with E-state index in [1.165, 1.54) is 6.92 Å².